The number of hydrogen-bond donors (Lipinski definition) is 0. The Morgan fingerprint density at radius 1 is 1.19 bits per heavy atom. The quantitative estimate of drug-likeness (QED) is 0.794. The Labute approximate surface area is 121 Å². The van der Waals surface area contributed by atoms with E-state index in [0.29, 0.717) is 5.56 Å². The molecule has 0 bridgehead atoms. The highest BCUT2D eigenvalue weighted by molar-refractivity contribution is 7.89. The molecule has 0 amide bonds. The molecule has 0 atom stereocenters. The van der Waals surface area contributed by atoms with Gasteiger partial charge in [0.15, 0.2) is 5.76 Å². The van der Waals surface area contributed by atoms with Gasteiger partial charge in [-0.15, -0.1) is 0 Å². The van der Waals surface area contributed by atoms with Crippen LogP contribution in [0.1, 0.15) is 16.1 Å². The summed E-state index contributed by atoms with van der Waals surface area (Å²) in [5.74, 6) is -0.484. The molecule has 1 aromatic carbocycles. The van der Waals surface area contributed by atoms with E-state index in [9.17, 15) is 13.2 Å². The molecule has 1 aromatic heterocycles. The number of esters is 1. The van der Waals surface area contributed by atoms with Gasteiger partial charge in [0, 0.05) is 12.6 Å². The molecular formula is C14H11NO5S. The summed E-state index contributed by atoms with van der Waals surface area (Å²) in [6.07, 6.45) is 2.62. The van der Waals surface area contributed by atoms with E-state index < -0.39 is 16.0 Å². The molecule has 0 saturated heterocycles. The molecule has 3 rings (SSSR count). The average molecular weight is 305 g/mol. The second kappa shape index (κ2) is 4.78. The molecule has 0 radical (unpaired) electrons. The predicted molar refractivity (Wildman–Crippen MR) is 73.5 cm³/mol. The van der Waals surface area contributed by atoms with Crippen molar-refractivity contribution in [1.82, 2.24) is 4.31 Å². The highest BCUT2D eigenvalue weighted by Gasteiger charge is 2.30. The number of benzene rings is 1. The molecule has 0 aliphatic carbocycles. The first kappa shape index (κ1) is 13.4. The lowest BCUT2D eigenvalue weighted by Gasteiger charge is -2.24. The standard InChI is InChI=1S/C14H11NO5S/c1-15-9-12(20-14(16)11-6-4-8-19-11)10-5-2-3-7-13(10)21(15,17)18/h2-9H,1H3. The number of sulfonamides is 1. The molecule has 0 unspecified atom stereocenters. The molecule has 1 aliphatic rings. The number of carbonyl (C=O) groups is 1. The minimum absolute atomic E-state index is 0.0458. The summed E-state index contributed by atoms with van der Waals surface area (Å²) in [6, 6.07) is 9.38. The average Bonchev–Trinajstić information content (AvgIpc) is 2.99. The van der Waals surface area contributed by atoms with Crippen LogP contribution in [0.5, 0.6) is 0 Å². The van der Waals surface area contributed by atoms with Gasteiger partial charge in [-0.05, 0) is 24.3 Å². The van der Waals surface area contributed by atoms with Crippen LogP contribution >= 0.6 is 0 Å². The van der Waals surface area contributed by atoms with Gasteiger partial charge in [0.2, 0.25) is 5.76 Å². The number of rotatable bonds is 2. The molecule has 0 saturated carbocycles. The van der Waals surface area contributed by atoms with Crippen LogP contribution in [-0.4, -0.2) is 25.7 Å². The van der Waals surface area contributed by atoms with Gasteiger partial charge in [-0.2, -0.15) is 0 Å². The topological polar surface area (TPSA) is 76.8 Å². The predicted octanol–water partition coefficient (Wildman–Crippen LogP) is 2.07. The first-order valence-electron chi connectivity index (χ1n) is 6.05. The van der Waals surface area contributed by atoms with Crippen LogP contribution < -0.4 is 0 Å². The Balaban J connectivity index is 2.02. The first-order valence-corrected chi connectivity index (χ1v) is 7.49. The van der Waals surface area contributed by atoms with Crippen molar-refractivity contribution in [3.8, 4) is 0 Å². The molecule has 21 heavy (non-hydrogen) atoms. The van der Waals surface area contributed by atoms with E-state index in [4.69, 9.17) is 9.15 Å². The van der Waals surface area contributed by atoms with Crippen LogP contribution in [0.2, 0.25) is 0 Å². The first-order chi connectivity index (χ1) is 10.00. The molecule has 0 fully saturated rings. The van der Waals surface area contributed by atoms with Gasteiger partial charge >= 0.3 is 5.97 Å². The van der Waals surface area contributed by atoms with Crippen molar-refractivity contribution < 1.29 is 22.4 Å². The molecule has 6 nitrogen and oxygen atoms in total. The molecule has 0 spiro atoms. The molecule has 0 N–H and O–H groups in total. The van der Waals surface area contributed by atoms with Crippen LogP contribution in [0.25, 0.3) is 5.76 Å². The Morgan fingerprint density at radius 2 is 1.95 bits per heavy atom. The fourth-order valence-electron chi connectivity index (χ4n) is 1.98. The zero-order valence-corrected chi connectivity index (χ0v) is 11.8. The number of nitrogens with zero attached hydrogens (tertiary/aromatic N) is 1. The van der Waals surface area contributed by atoms with E-state index in [2.05, 4.69) is 0 Å². The molecule has 7 heteroatoms. The third-order valence-electron chi connectivity index (χ3n) is 3.03. The van der Waals surface area contributed by atoms with Gasteiger partial charge < -0.3 is 9.15 Å². The lowest BCUT2D eigenvalue weighted by Crippen LogP contribution is -2.27. The third-order valence-corrected chi connectivity index (χ3v) is 4.81. The molecule has 2 heterocycles. The van der Waals surface area contributed by atoms with Gasteiger partial charge in [-0.25, -0.2) is 13.2 Å². The van der Waals surface area contributed by atoms with Crippen LogP contribution in [0.4, 0.5) is 0 Å². The lowest BCUT2D eigenvalue weighted by atomic mass is 10.2. The van der Waals surface area contributed by atoms with Crippen molar-refractivity contribution in [2.75, 3.05) is 7.05 Å². The van der Waals surface area contributed by atoms with Gasteiger partial charge in [0.05, 0.1) is 17.4 Å². The van der Waals surface area contributed by atoms with Crippen LogP contribution in [0.15, 0.2) is 58.2 Å². The lowest BCUT2D eigenvalue weighted by molar-refractivity contribution is 0.0655. The highest BCUT2D eigenvalue weighted by Crippen LogP contribution is 2.32. The fraction of sp³-hybridized carbons (Fsp3) is 0.0714. The molecule has 2 aromatic rings. The SMILES string of the molecule is CN1C=C(OC(=O)c2ccco2)c2ccccc2S1(=O)=O. The minimum Gasteiger partial charge on any atom is -0.457 e. The Bertz CT molecular complexity index is 821. The maximum absolute atomic E-state index is 12.2. The van der Waals surface area contributed by atoms with E-state index in [0.717, 1.165) is 4.31 Å². The Kier molecular flexibility index (Phi) is 3.06. The van der Waals surface area contributed by atoms with Gasteiger partial charge in [0.1, 0.15) is 0 Å². The number of furan rings is 1. The summed E-state index contributed by atoms with van der Waals surface area (Å²) in [5, 5.41) is 0. The van der Waals surface area contributed by atoms with Crippen LogP contribution in [-0.2, 0) is 14.8 Å². The minimum atomic E-state index is -3.60. The fourth-order valence-corrected chi connectivity index (χ4v) is 3.22. The van der Waals surface area contributed by atoms with Crippen molar-refractivity contribution >= 4 is 21.8 Å². The largest absolute Gasteiger partial charge is 0.457 e. The van der Waals surface area contributed by atoms with Gasteiger partial charge in [0.25, 0.3) is 10.0 Å². The summed E-state index contributed by atoms with van der Waals surface area (Å²) >= 11 is 0. The summed E-state index contributed by atoms with van der Waals surface area (Å²) in [7, 11) is -2.22. The van der Waals surface area contributed by atoms with Crippen molar-refractivity contribution in [3.05, 3.63) is 60.2 Å². The second-order valence-electron chi connectivity index (χ2n) is 4.38. The monoisotopic (exact) mass is 305 g/mol. The zero-order chi connectivity index (χ0) is 15.0. The van der Waals surface area contributed by atoms with Crippen LogP contribution in [0.3, 0.4) is 0 Å². The van der Waals surface area contributed by atoms with E-state index in [1.54, 1.807) is 24.3 Å². The van der Waals surface area contributed by atoms with E-state index in [1.165, 1.54) is 31.6 Å². The summed E-state index contributed by atoms with van der Waals surface area (Å²) in [6.45, 7) is 0. The molecule has 108 valence electrons. The van der Waals surface area contributed by atoms with Crippen molar-refractivity contribution in [1.29, 1.82) is 0 Å². The summed E-state index contributed by atoms with van der Waals surface area (Å²) < 4.78 is 35.6. The maximum Gasteiger partial charge on any atom is 0.379 e. The van der Waals surface area contributed by atoms with E-state index in [-0.39, 0.29) is 16.4 Å². The second-order valence-corrected chi connectivity index (χ2v) is 6.34. The summed E-state index contributed by atoms with van der Waals surface area (Å²) in [5.41, 5.74) is 0.343. The smallest absolute Gasteiger partial charge is 0.379 e. The highest BCUT2D eigenvalue weighted by atomic mass is 32.2. The molecular weight excluding hydrogens is 294 g/mol. The van der Waals surface area contributed by atoms with Crippen molar-refractivity contribution in [3.63, 3.8) is 0 Å². The normalized spacial score (nSPS) is 16.0. The molecule has 1 aliphatic heterocycles. The maximum atomic E-state index is 12.2. The van der Waals surface area contributed by atoms with Crippen LogP contribution in [0, 0.1) is 0 Å². The van der Waals surface area contributed by atoms with Crippen molar-refractivity contribution in [2.45, 2.75) is 4.90 Å². The zero-order valence-electron chi connectivity index (χ0n) is 11.0. The van der Waals surface area contributed by atoms with Crippen molar-refractivity contribution in [2.24, 2.45) is 0 Å². The number of hydrogen-bond acceptors (Lipinski definition) is 5. The number of carbonyl (C=O) groups excluding carboxylic acids is 1. The number of fused-ring (bicyclic) bond motifs is 1. The Morgan fingerprint density at radius 3 is 2.67 bits per heavy atom. The summed E-state index contributed by atoms with van der Waals surface area (Å²) in [4.78, 5) is 12.0. The Hall–Kier alpha value is -2.54. The number of ether oxygens (including phenoxy) is 1. The van der Waals surface area contributed by atoms with Gasteiger partial charge in [-0.3, -0.25) is 4.31 Å². The van der Waals surface area contributed by atoms with E-state index in [1.807, 2.05) is 0 Å². The van der Waals surface area contributed by atoms with Gasteiger partial charge in [-0.1, -0.05) is 12.1 Å². The third kappa shape index (κ3) is 2.21. The van der Waals surface area contributed by atoms with E-state index >= 15 is 0 Å².